The Labute approximate surface area is 258 Å². The van der Waals surface area contributed by atoms with Gasteiger partial charge in [0.15, 0.2) is 0 Å². The Kier molecular flexibility index (Phi) is 20.9. The molecule has 0 aliphatic rings. The van der Waals surface area contributed by atoms with Crippen molar-refractivity contribution in [2.24, 2.45) is 10.8 Å². The first-order valence-corrected chi connectivity index (χ1v) is 18.1. The van der Waals surface area contributed by atoms with E-state index in [1.54, 1.807) is 0 Å². The molecule has 0 radical (unpaired) electrons. The summed E-state index contributed by atoms with van der Waals surface area (Å²) in [5.74, 6) is 0. The summed E-state index contributed by atoms with van der Waals surface area (Å²) in [6, 6.07) is 0. The fourth-order valence-corrected chi connectivity index (χ4v) is 6.60. The number of aromatic nitrogens is 3. The number of nitrogens with zero attached hydrogens (tertiary/aromatic N) is 1. The summed E-state index contributed by atoms with van der Waals surface area (Å²) < 4.78 is 1.10. The van der Waals surface area contributed by atoms with Gasteiger partial charge in [-0.25, -0.2) is 19.0 Å². The number of H-pyrrole nitrogens is 2. The summed E-state index contributed by atoms with van der Waals surface area (Å²) >= 11 is 0. The van der Waals surface area contributed by atoms with Crippen LogP contribution in [0.1, 0.15) is 195 Å². The first-order valence-electron chi connectivity index (χ1n) is 18.1. The molecule has 1 aromatic rings. The van der Waals surface area contributed by atoms with Crippen molar-refractivity contribution in [1.29, 1.82) is 0 Å². The molecule has 0 fully saturated rings. The van der Waals surface area contributed by atoms with Crippen LogP contribution in [-0.4, -0.2) is 14.5 Å². The molecule has 1 aromatic heterocycles. The molecule has 42 heavy (non-hydrogen) atoms. The van der Waals surface area contributed by atoms with Crippen molar-refractivity contribution >= 4 is 0 Å². The Bertz CT molecular complexity index is 921. The minimum absolute atomic E-state index is 0.360. The van der Waals surface area contributed by atoms with Crippen LogP contribution in [0.25, 0.3) is 0 Å². The molecule has 0 spiro atoms. The van der Waals surface area contributed by atoms with Crippen LogP contribution in [0.5, 0.6) is 0 Å². The maximum absolute atomic E-state index is 11.9. The maximum atomic E-state index is 11.9. The van der Waals surface area contributed by atoms with E-state index >= 15 is 0 Å². The van der Waals surface area contributed by atoms with Gasteiger partial charge in [-0.05, 0) is 49.4 Å². The molecule has 1 unspecified atom stereocenters. The largest absolute Gasteiger partial charge is 0.333 e. The highest BCUT2D eigenvalue weighted by atomic mass is 16.2. The van der Waals surface area contributed by atoms with E-state index in [2.05, 4.69) is 44.6 Å². The highest BCUT2D eigenvalue weighted by Gasteiger charge is 2.28. The van der Waals surface area contributed by atoms with Gasteiger partial charge >= 0.3 is 17.1 Å². The lowest BCUT2D eigenvalue weighted by Crippen LogP contribution is -2.43. The lowest BCUT2D eigenvalue weighted by atomic mass is 9.70. The normalized spacial score (nSPS) is 13.5. The second kappa shape index (κ2) is 22.9. The molecular weight excluding hydrogens is 522 g/mol. The lowest BCUT2D eigenvalue weighted by molar-refractivity contribution is 0.169. The molecule has 246 valence electrons. The molecule has 0 bridgehead atoms. The van der Waals surface area contributed by atoms with Gasteiger partial charge < -0.3 is 0 Å². The lowest BCUT2D eigenvalue weighted by Gasteiger charge is -2.35. The Morgan fingerprint density at radius 2 is 0.810 bits per heavy atom. The van der Waals surface area contributed by atoms with E-state index in [0.717, 1.165) is 23.8 Å². The van der Waals surface area contributed by atoms with E-state index in [1.807, 2.05) is 0 Å². The van der Waals surface area contributed by atoms with Crippen molar-refractivity contribution in [2.75, 3.05) is 0 Å². The molecule has 6 heteroatoms. The molecule has 0 aliphatic carbocycles. The van der Waals surface area contributed by atoms with Crippen LogP contribution in [0.2, 0.25) is 0 Å². The van der Waals surface area contributed by atoms with E-state index in [4.69, 9.17) is 0 Å². The maximum Gasteiger partial charge on any atom is 0.333 e. The van der Waals surface area contributed by atoms with Crippen molar-refractivity contribution < 1.29 is 0 Å². The van der Waals surface area contributed by atoms with Gasteiger partial charge in [0.25, 0.3) is 0 Å². The second-order valence-corrected chi connectivity index (χ2v) is 14.5. The van der Waals surface area contributed by atoms with Crippen molar-refractivity contribution in [2.45, 2.75) is 202 Å². The van der Waals surface area contributed by atoms with Crippen LogP contribution >= 0.6 is 0 Å². The molecular formula is C36H69N3O3. The van der Waals surface area contributed by atoms with Crippen molar-refractivity contribution in [3.05, 3.63) is 31.5 Å². The van der Waals surface area contributed by atoms with Gasteiger partial charge in [-0.3, -0.25) is 9.97 Å². The third kappa shape index (κ3) is 18.8. The minimum Gasteiger partial charge on any atom is -0.259 e. The van der Waals surface area contributed by atoms with Gasteiger partial charge in [0.1, 0.15) is 0 Å². The highest BCUT2D eigenvalue weighted by Crippen LogP contribution is 2.42. The third-order valence-electron chi connectivity index (χ3n) is 9.28. The van der Waals surface area contributed by atoms with Crippen molar-refractivity contribution in [3.63, 3.8) is 0 Å². The van der Waals surface area contributed by atoms with Gasteiger partial charge in [-0.2, -0.15) is 0 Å². The molecule has 0 aromatic carbocycles. The van der Waals surface area contributed by atoms with E-state index in [9.17, 15) is 14.4 Å². The van der Waals surface area contributed by atoms with Gasteiger partial charge in [-0.1, -0.05) is 157 Å². The Morgan fingerprint density at radius 3 is 1.21 bits per heavy atom. The number of unbranched alkanes of at least 4 members (excludes halogenated alkanes) is 16. The summed E-state index contributed by atoms with van der Waals surface area (Å²) in [6.45, 7) is 12.1. The minimum atomic E-state index is -0.736. The van der Waals surface area contributed by atoms with Crippen LogP contribution in [0.4, 0.5) is 0 Å². The third-order valence-corrected chi connectivity index (χ3v) is 9.28. The average molecular weight is 592 g/mol. The van der Waals surface area contributed by atoms with E-state index in [1.165, 1.54) is 141 Å². The topological polar surface area (TPSA) is 87.7 Å². The summed E-state index contributed by atoms with van der Waals surface area (Å²) in [6.07, 6.45) is 33.0. The van der Waals surface area contributed by atoms with Gasteiger partial charge in [0.05, 0.1) is 0 Å². The standard InChI is InChI=1S/C36H69N3O3/c1-6-8-10-12-14-17-21-28-36(27-20-16-13-11-9-7-2,30-24-23-26-35(3,4)5)29-22-18-15-19-25-31-39-33(41)37-32(40)38-34(39)42/h6-31H2,1-5H3,(H2,37,38,40,41,42). The number of hydrogen-bond donors (Lipinski definition) is 2. The number of hydrogen-bond acceptors (Lipinski definition) is 3. The van der Waals surface area contributed by atoms with Crippen LogP contribution in [0.3, 0.4) is 0 Å². The SMILES string of the molecule is CCCCCCCCCC(CCCCCCCC)(CCCCCCCn1c(=O)[nH]c(=O)[nH]c1=O)CCCCC(C)(C)C. The monoisotopic (exact) mass is 592 g/mol. The average Bonchev–Trinajstić information content (AvgIpc) is 2.92. The van der Waals surface area contributed by atoms with Crippen LogP contribution in [0, 0.1) is 10.8 Å². The smallest absolute Gasteiger partial charge is 0.259 e. The summed E-state index contributed by atoms with van der Waals surface area (Å²) in [7, 11) is 0. The summed E-state index contributed by atoms with van der Waals surface area (Å²) in [4.78, 5) is 39.4. The summed E-state index contributed by atoms with van der Waals surface area (Å²) in [5.41, 5.74) is -1.03. The van der Waals surface area contributed by atoms with Gasteiger partial charge in [-0.15, -0.1) is 0 Å². The van der Waals surface area contributed by atoms with E-state index in [0.29, 0.717) is 17.4 Å². The van der Waals surface area contributed by atoms with E-state index in [-0.39, 0.29) is 0 Å². The second-order valence-electron chi connectivity index (χ2n) is 14.5. The molecule has 0 saturated heterocycles. The molecule has 1 atom stereocenters. The zero-order chi connectivity index (χ0) is 31.1. The fourth-order valence-electron chi connectivity index (χ4n) is 6.60. The molecule has 0 aliphatic heterocycles. The van der Waals surface area contributed by atoms with Crippen molar-refractivity contribution in [3.8, 4) is 0 Å². The predicted octanol–water partition coefficient (Wildman–Crippen LogP) is 10.0. The zero-order valence-corrected chi connectivity index (χ0v) is 28.6. The van der Waals surface area contributed by atoms with E-state index < -0.39 is 17.1 Å². The summed E-state index contributed by atoms with van der Waals surface area (Å²) in [5, 5.41) is 0. The van der Waals surface area contributed by atoms with Crippen LogP contribution in [0.15, 0.2) is 14.4 Å². The van der Waals surface area contributed by atoms with Crippen molar-refractivity contribution in [1.82, 2.24) is 14.5 Å². The number of nitrogens with one attached hydrogen (secondary N) is 2. The number of aromatic amines is 2. The van der Waals surface area contributed by atoms with Crippen LogP contribution < -0.4 is 17.1 Å². The Morgan fingerprint density at radius 1 is 0.476 bits per heavy atom. The fraction of sp³-hybridized carbons (Fsp3) is 0.917. The number of rotatable bonds is 27. The molecule has 6 nitrogen and oxygen atoms in total. The molecule has 1 rings (SSSR count). The Balaban J connectivity index is 2.68. The zero-order valence-electron chi connectivity index (χ0n) is 28.6. The first-order chi connectivity index (χ1) is 20.1. The Hall–Kier alpha value is -1.59. The van der Waals surface area contributed by atoms with Gasteiger partial charge in [0.2, 0.25) is 0 Å². The highest BCUT2D eigenvalue weighted by molar-refractivity contribution is 4.81. The molecule has 2 N–H and O–H groups in total. The molecule has 0 saturated carbocycles. The van der Waals surface area contributed by atoms with Crippen LogP contribution in [-0.2, 0) is 6.54 Å². The predicted molar refractivity (Wildman–Crippen MR) is 181 cm³/mol. The molecule has 1 heterocycles. The van der Waals surface area contributed by atoms with Gasteiger partial charge in [0, 0.05) is 6.54 Å². The first kappa shape index (κ1) is 38.4. The quantitative estimate of drug-likeness (QED) is 0.0998. The molecule has 0 amide bonds.